The number of sulfone groups is 1. The van der Waals surface area contributed by atoms with Crippen LogP contribution in [-0.4, -0.2) is 68.3 Å². The minimum atomic E-state index is -3.05. The Morgan fingerprint density at radius 1 is 1.36 bits per heavy atom. The second kappa shape index (κ2) is 8.60. The molecule has 1 amide bonds. The van der Waals surface area contributed by atoms with E-state index in [-0.39, 0.29) is 35.2 Å². The topological polar surface area (TPSA) is 98.1 Å². The summed E-state index contributed by atoms with van der Waals surface area (Å²) >= 11 is 1.32. The van der Waals surface area contributed by atoms with Crippen LogP contribution in [-0.2, 0) is 21.7 Å². The third kappa shape index (κ3) is 4.54. The number of nitrogens with zero attached hydrogens (tertiary/aromatic N) is 5. The maximum atomic E-state index is 12.9. The Morgan fingerprint density at radius 3 is 2.68 bits per heavy atom. The Balaban J connectivity index is 1.70. The summed E-state index contributed by atoms with van der Waals surface area (Å²) < 4.78 is 25.6. The zero-order valence-corrected chi connectivity index (χ0v) is 17.9. The van der Waals surface area contributed by atoms with Gasteiger partial charge in [0.05, 0.1) is 17.3 Å². The van der Waals surface area contributed by atoms with Gasteiger partial charge < -0.3 is 9.47 Å². The van der Waals surface area contributed by atoms with Gasteiger partial charge in [0.25, 0.3) is 0 Å². The third-order valence-electron chi connectivity index (χ3n) is 5.05. The van der Waals surface area contributed by atoms with Gasteiger partial charge in [0.1, 0.15) is 0 Å². The fraction of sp³-hybridized carbons (Fsp3) is 0.556. The Hall–Kier alpha value is -1.94. The SMILES string of the molecule is CC[C@@H](C)N(C(=O)CSc1nnc(-c2ccncc2)n1C)[C@H]1CCS(=O)(=O)C1. The molecule has 0 saturated carbocycles. The highest BCUT2D eigenvalue weighted by molar-refractivity contribution is 7.99. The van der Waals surface area contributed by atoms with Crippen molar-refractivity contribution in [3.05, 3.63) is 24.5 Å². The van der Waals surface area contributed by atoms with E-state index < -0.39 is 9.84 Å². The molecule has 3 heterocycles. The van der Waals surface area contributed by atoms with Crippen molar-refractivity contribution in [3.63, 3.8) is 0 Å². The average Bonchev–Trinajstić information content (AvgIpc) is 3.22. The molecule has 0 bridgehead atoms. The van der Waals surface area contributed by atoms with E-state index in [1.54, 1.807) is 17.3 Å². The number of aromatic nitrogens is 4. The standard InChI is InChI=1S/C18H25N5O3S2/c1-4-13(2)23(15-7-10-28(25,26)12-15)16(24)11-27-18-21-20-17(22(18)3)14-5-8-19-9-6-14/h5-6,8-9,13,15H,4,7,10-12H2,1-3H3/t13-,15+/m1/s1. The number of amides is 1. The molecule has 0 N–H and O–H groups in total. The number of rotatable bonds is 7. The van der Waals surface area contributed by atoms with Crippen molar-refractivity contribution in [2.75, 3.05) is 17.3 Å². The summed E-state index contributed by atoms with van der Waals surface area (Å²) in [6.07, 6.45) is 4.68. The van der Waals surface area contributed by atoms with Crippen LogP contribution in [0.5, 0.6) is 0 Å². The van der Waals surface area contributed by atoms with E-state index in [0.717, 1.165) is 12.0 Å². The van der Waals surface area contributed by atoms with E-state index in [1.807, 2.05) is 37.6 Å². The molecule has 0 aromatic carbocycles. The van der Waals surface area contributed by atoms with Crippen LogP contribution in [0.2, 0.25) is 0 Å². The third-order valence-corrected chi connectivity index (χ3v) is 7.81. The van der Waals surface area contributed by atoms with Gasteiger partial charge in [-0.2, -0.15) is 0 Å². The molecule has 1 aliphatic rings. The molecule has 3 rings (SSSR count). The Labute approximate surface area is 169 Å². The first kappa shape index (κ1) is 20.8. The van der Waals surface area contributed by atoms with Gasteiger partial charge in [0, 0.05) is 37.1 Å². The fourth-order valence-electron chi connectivity index (χ4n) is 3.39. The van der Waals surface area contributed by atoms with Gasteiger partial charge in [-0.1, -0.05) is 18.7 Å². The van der Waals surface area contributed by atoms with Crippen molar-refractivity contribution < 1.29 is 13.2 Å². The van der Waals surface area contributed by atoms with E-state index in [0.29, 0.717) is 17.4 Å². The van der Waals surface area contributed by atoms with Gasteiger partial charge in [-0.3, -0.25) is 9.78 Å². The Bertz CT molecular complexity index is 930. The van der Waals surface area contributed by atoms with Crippen LogP contribution < -0.4 is 0 Å². The number of pyridine rings is 1. The number of thioether (sulfide) groups is 1. The summed E-state index contributed by atoms with van der Waals surface area (Å²) in [6.45, 7) is 3.97. The van der Waals surface area contributed by atoms with Gasteiger partial charge >= 0.3 is 0 Å². The van der Waals surface area contributed by atoms with E-state index >= 15 is 0 Å². The zero-order valence-electron chi connectivity index (χ0n) is 16.3. The summed E-state index contributed by atoms with van der Waals surface area (Å²) in [7, 11) is -1.19. The molecule has 0 spiro atoms. The Morgan fingerprint density at radius 2 is 2.07 bits per heavy atom. The molecule has 1 aliphatic heterocycles. The van der Waals surface area contributed by atoms with Gasteiger partial charge in [0.2, 0.25) is 5.91 Å². The van der Waals surface area contributed by atoms with Crippen molar-refractivity contribution >= 4 is 27.5 Å². The molecule has 2 aromatic rings. The van der Waals surface area contributed by atoms with E-state index in [4.69, 9.17) is 0 Å². The quantitative estimate of drug-likeness (QED) is 0.626. The number of hydrogen-bond donors (Lipinski definition) is 0. The number of hydrogen-bond acceptors (Lipinski definition) is 7. The predicted octanol–water partition coefficient (Wildman–Crippen LogP) is 1.78. The molecular weight excluding hydrogens is 398 g/mol. The van der Waals surface area contributed by atoms with Gasteiger partial charge in [-0.25, -0.2) is 8.42 Å². The Kier molecular flexibility index (Phi) is 6.39. The minimum Gasteiger partial charge on any atom is -0.335 e. The summed E-state index contributed by atoms with van der Waals surface area (Å²) in [4.78, 5) is 18.7. The number of carbonyl (C=O) groups is 1. The smallest absolute Gasteiger partial charge is 0.233 e. The van der Waals surface area contributed by atoms with E-state index in [2.05, 4.69) is 15.2 Å². The second-order valence-corrected chi connectivity index (χ2v) is 10.2. The lowest BCUT2D eigenvalue weighted by Crippen LogP contribution is -2.47. The first-order valence-corrected chi connectivity index (χ1v) is 12.1. The highest BCUT2D eigenvalue weighted by Crippen LogP contribution is 2.25. The molecule has 8 nitrogen and oxygen atoms in total. The lowest BCUT2D eigenvalue weighted by molar-refractivity contribution is -0.132. The van der Waals surface area contributed by atoms with Crippen LogP contribution >= 0.6 is 11.8 Å². The first-order chi connectivity index (χ1) is 13.3. The summed E-state index contributed by atoms with van der Waals surface area (Å²) in [6, 6.07) is 3.47. The van der Waals surface area contributed by atoms with Crippen LogP contribution in [0.4, 0.5) is 0 Å². The van der Waals surface area contributed by atoms with Crippen molar-refractivity contribution in [2.24, 2.45) is 7.05 Å². The predicted molar refractivity (Wildman–Crippen MR) is 109 cm³/mol. The van der Waals surface area contributed by atoms with Crippen molar-refractivity contribution in [2.45, 2.75) is 43.9 Å². The summed E-state index contributed by atoms with van der Waals surface area (Å²) in [5.41, 5.74) is 0.903. The van der Waals surface area contributed by atoms with E-state index in [1.165, 1.54) is 11.8 Å². The normalized spacial score (nSPS) is 19.5. The monoisotopic (exact) mass is 423 g/mol. The molecule has 1 fully saturated rings. The van der Waals surface area contributed by atoms with Crippen LogP contribution in [0, 0.1) is 0 Å². The van der Waals surface area contributed by atoms with Crippen LogP contribution in [0.15, 0.2) is 29.7 Å². The molecule has 0 unspecified atom stereocenters. The maximum Gasteiger partial charge on any atom is 0.233 e. The molecular formula is C18H25N5O3S2. The van der Waals surface area contributed by atoms with Crippen molar-refractivity contribution in [3.8, 4) is 11.4 Å². The molecule has 152 valence electrons. The summed E-state index contributed by atoms with van der Waals surface area (Å²) in [5, 5.41) is 9.06. The molecule has 2 aromatic heterocycles. The molecule has 2 atom stereocenters. The highest BCUT2D eigenvalue weighted by Gasteiger charge is 2.36. The molecule has 1 saturated heterocycles. The average molecular weight is 424 g/mol. The second-order valence-electron chi connectivity index (χ2n) is 7.00. The molecule has 10 heteroatoms. The van der Waals surface area contributed by atoms with Gasteiger partial charge in [-0.05, 0) is 31.9 Å². The minimum absolute atomic E-state index is 0.00160. The van der Waals surface area contributed by atoms with E-state index in [9.17, 15) is 13.2 Å². The zero-order chi connectivity index (χ0) is 20.3. The molecule has 0 radical (unpaired) electrons. The van der Waals surface area contributed by atoms with Crippen LogP contribution in [0.3, 0.4) is 0 Å². The van der Waals surface area contributed by atoms with Crippen LogP contribution in [0.1, 0.15) is 26.7 Å². The largest absolute Gasteiger partial charge is 0.335 e. The summed E-state index contributed by atoms with van der Waals surface area (Å²) in [5.74, 6) is 1.06. The number of carbonyl (C=O) groups excluding carboxylic acids is 1. The fourth-order valence-corrected chi connectivity index (χ4v) is 5.89. The van der Waals surface area contributed by atoms with Crippen molar-refractivity contribution in [1.29, 1.82) is 0 Å². The van der Waals surface area contributed by atoms with Crippen molar-refractivity contribution in [1.82, 2.24) is 24.6 Å². The maximum absolute atomic E-state index is 12.9. The van der Waals surface area contributed by atoms with Gasteiger partial charge in [0.15, 0.2) is 20.8 Å². The van der Waals surface area contributed by atoms with Gasteiger partial charge in [-0.15, -0.1) is 10.2 Å². The van der Waals surface area contributed by atoms with Crippen LogP contribution in [0.25, 0.3) is 11.4 Å². The highest BCUT2D eigenvalue weighted by atomic mass is 32.2. The first-order valence-electron chi connectivity index (χ1n) is 9.26. The molecule has 28 heavy (non-hydrogen) atoms. The molecule has 0 aliphatic carbocycles. The lowest BCUT2D eigenvalue weighted by atomic mass is 10.1. The lowest BCUT2D eigenvalue weighted by Gasteiger charge is -2.33.